The van der Waals surface area contributed by atoms with Crippen molar-refractivity contribution >= 4 is 11.6 Å². The molecule has 1 aromatic carbocycles. The van der Waals surface area contributed by atoms with E-state index < -0.39 is 0 Å². The van der Waals surface area contributed by atoms with E-state index in [4.69, 9.17) is 17.3 Å². The molecule has 3 rings (SSSR count). The number of hydrogen-bond acceptors (Lipinski definition) is 2. The molecule has 0 amide bonds. The summed E-state index contributed by atoms with van der Waals surface area (Å²) in [6.07, 6.45) is 2.57. The number of rotatable bonds is 2. The lowest BCUT2D eigenvalue weighted by Crippen LogP contribution is -2.43. The molecule has 1 aliphatic rings. The third-order valence-electron chi connectivity index (χ3n) is 3.98. The Morgan fingerprint density at radius 3 is 2.37 bits per heavy atom. The number of halogens is 1. The number of fused-ring (bicyclic) bond motifs is 1. The summed E-state index contributed by atoms with van der Waals surface area (Å²) in [6.45, 7) is 1.93. The molecule has 1 aliphatic carbocycles. The number of benzene rings is 1. The van der Waals surface area contributed by atoms with Crippen LogP contribution in [0, 0.1) is 6.92 Å². The van der Waals surface area contributed by atoms with Gasteiger partial charge in [-0.1, -0.05) is 35.9 Å². The first-order chi connectivity index (χ1) is 8.98. The Kier molecular flexibility index (Phi) is 2.91. The predicted octanol–water partition coefficient (Wildman–Crippen LogP) is 2.42. The second-order valence-corrected chi connectivity index (χ2v) is 6.01. The Morgan fingerprint density at radius 1 is 1.32 bits per heavy atom. The Morgan fingerprint density at radius 2 is 1.89 bits per heavy atom. The number of nitrogens with zero attached hydrogens (tertiary/aromatic N) is 2. The van der Waals surface area contributed by atoms with Crippen molar-refractivity contribution in [1.29, 1.82) is 0 Å². The summed E-state index contributed by atoms with van der Waals surface area (Å²) >= 11 is 6.33. The molecule has 3 nitrogen and oxygen atoms in total. The minimum atomic E-state index is -0.243. The van der Waals surface area contributed by atoms with Crippen LogP contribution in [-0.2, 0) is 26.3 Å². The van der Waals surface area contributed by atoms with E-state index in [0.717, 1.165) is 35.7 Å². The first kappa shape index (κ1) is 12.7. The summed E-state index contributed by atoms with van der Waals surface area (Å²) in [5.74, 6) is 0. The highest BCUT2D eigenvalue weighted by atomic mass is 35.5. The highest BCUT2D eigenvalue weighted by Crippen LogP contribution is 2.32. The third-order valence-corrected chi connectivity index (χ3v) is 4.48. The zero-order valence-corrected chi connectivity index (χ0v) is 12.0. The average molecular weight is 276 g/mol. The Balaban J connectivity index is 1.89. The van der Waals surface area contributed by atoms with Crippen molar-refractivity contribution in [3.05, 3.63) is 51.8 Å². The van der Waals surface area contributed by atoms with E-state index in [2.05, 4.69) is 29.4 Å². The van der Waals surface area contributed by atoms with Gasteiger partial charge in [0.1, 0.15) is 0 Å². The van der Waals surface area contributed by atoms with Gasteiger partial charge in [0.05, 0.1) is 16.4 Å². The Hall–Kier alpha value is -1.32. The largest absolute Gasteiger partial charge is 0.324 e. The van der Waals surface area contributed by atoms with E-state index in [-0.39, 0.29) is 5.54 Å². The maximum absolute atomic E-state index is 6.59. The van der Waals surface area contributed by atoms with E-state index in [9.17, 15) is 0 Å². The zero-order chi connectivity index (χ0) is 13.6. The van der Waals surface area contributed by atoms with Crippen molar-refractivity contribution in [3.63, 3.8) is 0 Å². The van der Waals surface area contributed by atoms with Crippen LogP contribution in [0.3, 0.4) is 0 Å². The van der Waals surface area contributed by atoms with Crippen LogP contribution in [-0.4, -0.2) is 15.3 Å². The SMILES string of the molecule is Cc1nn(C)c(CC2(N)Cc3ccccc3C2)c1Cl. The lowest BCUT2D eigenvalue weighted by atomic mass is 9.91. The molecule has 0 radical (unpaired) electrons. The summed E-state index contributed by atoms with van der Waals surface area (Å²) in [7, 11) is 1.93. The minimum Gasteiger partial charge on any atom is -0.324 e. The highest BCUT2D eigenvalue weighted by Gasteiger charge is 2.35. The van der Waals surface area contributed by atoms with Gasteiger partial charge < -0.3 is 5.73 Å². The summed E-state index contributed by atoms with van der Waals surface area (Å²) in [5, 5.41) is 5.12. The monoisotopic (exact) mass is 275 g/mol. The molecule has 0 fully saturated rings. The maximum atomic E-state index is 6.59. The Labute approximate surface area is 118 Å². The fourth-order valence-electron chi connectivity index (χ4n) is 3.05. The molecule has 0 unspecified atom stereocenters. The molecule has 1 heterocycles. The maximum Gasteiger partial charge on any atom is 0.0847 e. The second kappa shape index (κ2) is 4.36. The van der Waals surface area contributed by atoms with Crippen molar-refractivity contribution in [2.75, 3.05) is 0 Å². The van der Waals surface area contributed by atoms with Gasteiger partial charge in [0.2, 0.25) is 0 Å². The molecule has 2 aromatic rings. The summed E-state index contributed by atoms with van der Waals surface area (Å²) < 4.78 is 1.86. The first-order valence-electron chi connectivity index (χ1n) is 6.52. The molecule has 0 spiro atoms. The van der Waals surface area contributed by atoms with E-state index in [1.165, 1.54) is 11.1 Å². The molecule has 1 aromatic heterocycles. The van der Waals surface area contributed by atoms with Crippen molar-refractivity contribution in [2.45, 2.75) is 31.7 Å². The second-order valence-electron chi connectivity index (χ2n) is 5.63. The molecular formula is C15H18ClN3. The number of aryl methyl sites for hydroxylation is 2. The van der Waals surface area contributed by atoms with Crippen molar-refractivity contribution < 1.29 is 0 Å². The van der Waals surface area contributed by atoms with Crippen LogP contribution in [0.4, 0.5) is 0 Å². The van der Waals surface area contributed by atoms with E-state index in [1.54, 1.807) is 0 Å². The van der Waals surface area contributed by atoms with Crippen LogP contribution in [0.25, 0.3) is 0 Å². The smallest absolute Gasteiger partial charge is 0.0847 e. The van der Waals surface area contributed by atoms with Gasteiger partial charge in [0.15, 0.2) is 0 Å². The lowest BCUT2D eigenvalue weighted by Gasteiger charge is -2.23. The summed E-state index contributed by atoms with van der Waals surface area (Å²) in [6, 6.07) is 8.48. The van der Waals surface area contributed by atoms with Crippen molar-refractivity contribution in [2.24, 2.45) is 12.8 Å². The third kappa shape index (κ3) is 2.17. The van der Waals surface area contributed by atoms with E-state index >= 15 is 0 Å². The summed E-state index contributed by atoms with van der Waals surface area (Å²) in [4.78, 5) is 0. The van der Waals surface area contributed by atoms with Crippen LogP contribution in [0.2, 0.25) is 5.02 Å². The van der Waals surface area contributed by atoms with Gasteiger partial charge in [-0.25, -0.2) is 0 Å². The van der Waals surface area contributed by atoms with Gasteiger partial charge in [-0.2, -0.15) is 5.10 Å². The van der Waals surface area contributed by atoms with Crippen LogP contribution >= 0.6 is 11.6 Å². The molecular weight excluding hydrogens is 258 g/mol. The lowest BCUT2D eigenvalue weighted by molar-refractivity contribution is 0.432. The van der Waals surface area contributed by atoms with Crippen LogP contribution in [0.15, 0.2) is 24.3 Å². The first-order valence-corrected chi connectivity index (χ1v) is 6.90. The quantitative estimate of drug-likeness (QED) is 0.915. The van der Waals surface area contributed by atoms with Gasteiger partial charge in [-0.05, 0) is 30.9 Å². The van der Waals surface area contributed by atoms with Crippen LogP contribution in [0.5, 0.6) is 0 Å². The molecule has 0 aliphatic heterocycles. The van der Waals surface area contributed by atoms with Gasteiger partial charge in [0, 0.05) is 19.0 Å². The number of hydrogen-bond donors (Lipinski definition) is 1. The number of nitrogens with two attached hydrogens (primary N) is 1. The van der Waals surface area contributed by atoms with Crippen molar-refractivity contribution in [3.8, 4) is 0 Å². The zero-order valence-electron chi connectivity index (χ0n) is 11.3. The van der Waals surface area contributed by atoms with Gasteiger partial charge in [0.25, 0.3) is 0 Å². The van der Waals surface area contributed by atoms with Crippen molar-refractivity contribution in [1.82, 2.24) is 9.78 Å². The molecule has 0 saturated carbocycles. The average Bonchev–Trinajstić information content (AvgIpc) is 2.81. The normalized spacial score (nSPS) is 16.6. The fourth-order valence-corrected chi connectivity index (χ4v) is 3.28. The molecule has 4 heteroatoms. The standard InChI is InChI=1S/C15H18ClN3/c1-10-14(16)13(19(2)18-10)9-15(17)7-11-5-3-4-6-12(11)8-15/h3-6H,7-9,17H2,1-2H3. The van der Waals surface area contributed by atoms with Crippen LogP contribution < -0.4 is 5.73 Å². The van der Waals surface area contributed by atoms with E-state index in [1.807, 2.05) is 18.7 Å². The number of aromatic nitrogens is 2. The Bertz CT molecular complexity index is 605. The summed E-state index contributed by atoms with van der Waals surface area (Å²) in [5.41, 5.74) is 11.0. The molecule has 2 N–H and O–H groups in total. The topological polar surface area (TPSA) is 43.8 Å². The fraction of sp³-hybridized carbons (Fsp3) is 0.400. The predicted molar refractivity (Wildman–Crippen MR) is 77.4 cm³/mol. The molecule has 19 heavy (non-hydrogen) atoms. The molecule has 0 saturated heterocycles. The molecule has 0 bridgehead atoms. The van der Waals surface area contributed by atoms with E-state index in [0.29, 0.717) is 0 Å². The van der Waals surface area contributed by atoms with Crippen LogP contribution in [0.1, 0.15) is 22.5 Å². The van der Waals surface area contributed by atoms with Gasteiger partial charge >= 0.3 is 0 Å². The molecule has 0 atom stereocenters. The van der Waals surface area contributed by atoms with Gasteiger partial charge in [-0.15, -0.1) is 0 Å². The van der Waals surface area contributed by atoms with Gasteiger partial charge in [-0.3, -0.25) is 4.68 Å². The minimum absolute atomic E-state index is 0.243. The molecule has 100 valence electrons. The highest BCUT2D eigenvalue weighted by molar-refractivity contribution is 6.31.